The predicted molar refractivity (Wildman–Crippen MR) is 131 cm³/mol. The summed E-state index contributed by atoms with van der Waals surface area (Å²) in [4.78, 5) is 22.5. The third kappa shape index (κ3) is 4.60. The van der Waals surface area contributed by atoms with E-state index in [-0.39, 0.29) is 10.1 Å². The average molecular weight is 493 g/mol. The summed E-state index contributed by atoms with van der Waals surface area (Å²) in [6.45, 7) is 7.52. The number of thiazole rings is 1. The number of benzene rings is 1. The number of fused-ring (bicyclic) bond motifs is 1. The lowest BCUT2D eigenvalue weighted by molar-refractivity contribution is -0.121. The fourth-order valence-corrected chi connectivity index (χ4v) is 7.80. The summed E-state index contributed by atoms with van der Waals surface area (Å²) < 4.78 is 29.1. The number of likely N-dealkylation sites (N-methyl/N-ethyl adjacent to an activating group) is 1. The third-order valence-electron chi connectivity index (χ3n) is 5.86. The molecule has 0 N–H and O–H groups in total. The Morgan fingerprint density at radius 1 is 1.16 bits per heavy atom. The van der Waals surface area contributed by atoms with E-state index < -0.39 is 16.1 Å². The standard InChI is InChI=1S/C22H28N4O3S3/c1-3-24(4-2)14-15-25(22-23-17-9-5-6-11-19(17)31-22)21(27)18-10-7-13-26(18)32(28,29)20-12-8-16-30-20/h5-6,8-9,11-12,16,18H,3-4,7,10,13-15H2,1-2H3. The molecule has 7 nitrogen and oxygen atoms in total. The molecule has 4 rings (SSSR count). The monoisotopic (exact) mass is 492 g/mol. The number of aromatic nitrogens is 1. The van der Waals surface area contributed by atoms with Crippen LogP contribution in [0.2, 0.25) is 0 Å². The predicted octanol–water partition coefficient (Wildman–Crippen LogP) is 3.89. The summed E-state index contributed by atoms with van der Waals surface area (Å²) in [5.41, 5.74) is 0.850. The number of rotatable bonds is 9. The first-order valence-electron chi connectivity index (χ1n) is 10.9. The maximum atomic E-state index is 13.8. The van der Waals surface area contributed by atoms with Gasteiger partial charge >= 0.3 is 0 Å². The van der Waals surface area contributed by atoms with Crippen LogP contribution in [0.25, 0.3) is 10.2 Å². The van der Waals surface area contributed by atoms with E-state index in [1.54, 1.807) is 22.4 Å². The second kappa shape index (κ2) is 9.96. The van der Waals surface area contributed by atoms with Crippen molar-refractivity contribution in [2.45, 2.75) is 36.9 Å². The van der Waals surface area contributed by atoms with Gasteiger partial charge in [-0.05, 0) is 49.5 Å². The molecule has 0 bridgehead atoms. The largest absolute Gasteiger partial charge is 0.302 e. The van der Waals surface area contributed by atoms with Gasteiger partial charge in [0.05, 0.1) is 10.2 Å². The Kier molecular flexibility index (Phi) is 7.26. The molecule has 0 spiro atoms. The molecule has 3 aromatic rings. The summed E-state index contributed by atoms with van der Waals surface area (Å²) in [7, 11) is -3.69. The Balaban J connectivity index is 1.65. The SMILES string of the molecule is CCN(CC)CCN(C(=O)C1CCCN1S(=O)(=O)c1cccs1)c1nc2ccccc2s1. The van der Waals surface area contributed by atoms with Crippen LogP contribution in [0.3, 0.4) is 0 Å². The normalized spacial score (nSPS) is 17.4. The van der Waals surface area contributed by atoms with Crippen LogP contribution in [0, 0.1) is 0 Å². The van der Waals surface area contributed by atoms with Gasteiger partial charge in [-0.15, -0.1) is 11.3 Å². The molecular weight excluding hydrogens is 464 g/mol. The number of carbonyl (C=O) groups excluding carboxylic acids is 1. The zero-order valence-electron chi connectivity index (χ0n) is 18.3. The first-order valence-corrected chi connectivity index (χ1v) is 14.0. The number of amides is 1. The van der Waals surface area contributed by atoms with Crippen molar-refractivity contribution in [1.29, 1.82) is 0 Å². The Morgan fingerprint density at radius 2 is 1.94 bits per heavy atom. The molecule has 1 aliphatic rings. The van der Waals surface area contributed by atoms with Crippen LogP contribution < -0.4 is 4.90 Å². The lowest BCUT2D eigenvalue weighted by atomic mass is 10.2. The van der Waals surface area contributed by atoms with E-state index in [1.807, 2.05) is 24.3 Å². The van der Waals surface area contributed by atoms with Gasteiger partial charge in [-0.2, -0.15) is 4.31 Å². The number of para-hydroxylation sites is 1. The fourth-order valence-electron chi connectivity index (χ4n) is 4.04. The molecule has 32 heavy (non-hydrogen) atoms. The second-order valence-corrected chi connectivity index (χ2v) is 11.8. The molecule has 0 aliphatic carbocycles. The summed E-state index contributed by atoms with van der Waals surface area (Å²) in [6, 6.07) is 10.4. The highest BCUT2D eigenvalue weighted by Crippen LogP contribution is 2.33. The molecule has 0 radical (unpaired) electrons. The highest BCUT2D eigenvalue weighted by Gasteiger charge is 2.42. The molecule has 3 heterocycles. The molecule has 0 saturated carbocycles. The molecule has 10 heteroatoms. The highest BCUT2D eigenvalue weighted by molar-refractivity contribution is 7.91. The van der Waals surface area contributed by atoms with Crippen LogP contribution in [-0.4, -0.2) is 67.3 Å². The van der Waals surface area contributed by atoms with Crippen LogP contribution in [0.15, 0.2) is 46.0 Å². The van der Waals surface area contributed by atoms with Gasteiger partial charge in [0.2, 0.25) is 5.91 Å². The van der Waals surface area contributed by atoms with E-state index in [1.165, 1.54) is 27.0 Å². The van der Waals surface area contributed by atoms with Crippen molar-refractivity contribution in [2.24, 2.45) is 0 Å². The minimum Gasteiger partial charge on any atom is -0.302 e. The van der Waals surface area contributed by atoms with Gasteiger partial charge < -0.3 is 4.90 Å². The Bertz CT molecular complexity index is 1120. The maximum absolute atomic E-state index is 13.8. The zero-order valence-corrected chi connectivity index (χ0v) is 20.8. The highest BCUT2D eigenvalue weighted by atomic mass is 32.2. The number of hydrogen-bond acceptors (Lipinski definition) is 7. The molecule has 1 unspecified atom stereocenters. The minimum atomic E-state index is -3.69. The number of hydrogen-bond donors (Lipinski definition) is 0. The number of thiophene rings is 1. The van der Waals surface area contributed by atoms with Crippen molar-refractivity contribution >= 4 is 54.0 Å². The molecular formula is C22H28N4O3S3. The van der Waals surface area contributed by atoms with Crippen LogP contribution in [0.4, 0.5) is 5.13 Å². The number of nitrogens with zero attached hydrogens (tertiary/aromatic N) is 4. The molecule has 2 aromatic heterocycles. The van der Waals surface area contributed by atoms with E-state index >= 15 is 0 Å². The quantitative estimate of drug-likeness (QED) is 0.453. The average Bonchev–Trinajstić information content (AvgIpc) is 3.56. The summed E-state index contributed by atoms with van der Waals surface area (Å²) in [5, 5.41) is 2.38. The van der Waals surface area contributed by atoms with E-state index in [9.17, 15) is 13.2 Å². The van der Waals surface area contributed by atoms with Crippen LogP contribution >= 0.6 is 22.7 Å². The molecule has 1 fully saturated rings. The molecule has 1 atom stereocenters. The van der Waals surface area contributed by atoms with Gasteiger partial charge in [0.1, 0.15) is 10.3 Å². The summed E-state index contributed by atoms with van der Waals surface area (Å²) in [5.74, 6) is -0.186. The van der Waals surface area contributed by atoms with E-state index in [0.29, 0.717) is 37.6 Å². The van der Waals surface area contributed by atoms with Gasteiger partial charge in [-0.25, -0.2) is 13.4 Å². The van der Waals surface area contributed by atoms with E-state index in [0.717, 1.165) is 23.3 Å². The molecule has 1 saturated heterocycles. The van der Waals surface area contributed by atoms with Crippen molar-refractivity contribution in [2.75, 3.05) is 37.6 Å². The fraction of sp³-hybridized carbons (Fsp3) is 0.455. The van der Waals surface area contributed by atoms with E-state index in [2.05, 4.69) is 18.7 Å². The van der Waals surface area contributed by atoms with Gasteiger partial charge in [-0.3, -0.25) is 9.69 Å². The van der Waals surface area contributed by atoms with Crippen molar-refractivity contribution in [3.63, 3.8) is 0 Å². The van der Waals surface area contributed by atoms with Crippen LogP contribution in [0.5, 0.6) is 0 Å². The van der Waals surface area contributed by atoms with Crippen molar-refractivity contribution < 1.29 is 13.2 Å². The van der Waals surface area contributed by atoms with Crippen LogP contribution in [0.1, 0.15) is 26.7 Å². The third-order valence-corrected chi connectivity index (χ3v) is 10.2. The minimum absolute atomic E-state index is 0.186. The number of carbonyl (C=O) groups is 1. The van der Waals surface area contributed by atoms with Crippen LogP contribution in [-0.2, 0) is 14.8 Å². The van der Waals surface area contributed by atoms with Gasteiger partial charge in [0, 0.05) is 19.6 Å². The van der Waals surface area contributed by atoms with Gasteiger partial charge in [0.25, 0.3) is 10.0 Å². The Hall–Kier alpha value is -1.85. The molecule has 1 amide bonds. The zero-order chi connectivity index (χ0) is 22.7. The summed E-state index contributed by atoms with van der Waals surface area (Å²) in [6.07, 6.45) is 1.20. The van der Waals surface area contributed by atoms with Gasteiger partial charge in [-0.1, -0.05) is 43.4 Å². The van der Waals surface area contributed by atoms with E-state index in [4.69, 9.17) is 4.98 Å². The second-order valence-electron chi connectivity index (χ2n) is 7.69. The lowest BCUT2D eigenvalue weighted by Gasteiger charge is -2.29. The lowest BCUT2D eigenvalue weighted by Crippen LogP contribution is -2.49. The van der Waals surface area contributed by atoms with Crippen molar-refractivity contribution in [1.82, 2.24) is 14.2 Å². The molecule has 172 valence electrons. The first kappa shape index (κ1) is 23.3. The molecule has 1 aliphatic heterocycles. The summed E-state index contributed by atoms with van der Waals surface area (Å²) >= 11 is 2.66. The maximum Gasteiger partial charge on any atom is 0.253 e. The Morgan fingerprint density at radius 3 is 2.62 bits per heavy atom. The molecule has 1 aromatic carbocycles. The van der Waals surface area contributed by atoms with Crippen molar-refractivity contribution in [3.8, 4) is 0 Å². The van der Waals surface area contributed by atoms with Crippen molar-refractivity contribution in [3.05, 3.63) is 41.8 Å². The topological polar surface area (TPSA) is 73.8 Å². The van der Waals surface area contributed by atoms with Gasteiger partial charge in [0.15, 0.2) is 5.13 Å². The number of anilines is 1. The Labute approximate surface area is 197 Å². The smallest absolute Gasteiger partial charge is 0.253 e. The number of sulfonamides is 1. The first-order chi connectivity index (χ1) is 15.5.